The predicted octanol–water partition coefficient (Wildman–Crippen LogP) is 3.53. The topological polar surface area (TPSA) is 73.9 Å². The van der Waals surface area contributed by atoms with Crippen LogP contribution in [-0.4, -0.2) is 33.2 Å². The summed E-state index contributed by atoms with van der Waals surface area (Å²) in [5.74, 6) is -0.670. The van der Waals surface area contributed by atoms with Crippen LogP contribution < -0.4 is 14.8 Å². The second kappa shape index (κ2) is 9.23. The summed E-state index contributed by atoms with van der Waals surface area (Å²) in [6, 6.07) is 7.74. The molecule has 0 aromatic heterocycles. The molecule has 0 saturated carbocycles. The number of benzene rings is 2. The van der Waals surface area contributed by atoms with E-state index in [1.165, 1.54) is 27.4 Å². The Kier molecular flexibility index (Phi) is 7.01. The molecule has 0 aliphatic rings. The van der Waals surface area contributed by atoms with Gasteiger partial charge in [0, 0.05) is 0 Å². The molecule has 2 rings (SSSR count). The molecule has 0 aliphatic carbocycles. The number of carbonyl (C=O) groups excluding carboxylic acids is 2. The van der Waals surface area contributed by atoms with E-state index >= 15 is 0 Å². The van der Waals surface area contributed by atoms with E-state index in [1.54, 1.807) is 18.2 Å². The second-order valence-electron chi connectivity index (χ2n) is 5.54. The van der Waals surface area contributed by atoms with Gasteiger partial charge in [-0.2, -0.15) is 0 Å². The molecule has 2 aromatic carbocycles. The van der Waals surface area contributed by atoms with Crippen molar-refractivity contribution in [1.29, 1.82) is 0 Å². The second-order valence-corrected chi connectivity index (χ2v) is 5.95. The number of esters is 1. The van der Waals surface area contributed by atoms with Crippen LogP contribution in [0, 0.1) is 5.82 Å². The average Bonchev–Trinajstić information content (AvgIpc) is 2.66. The first-order chi connectivity index (χ1) is 12.9. The van der Waals surface area contributed by atoms with Crippen molar-refractivity contribution in [2.24, 2.45) is 0 Å². The molecular formula is C19H19ClFNO5. The van der Waals surface area contributed by atoms with Crippen molar-refractivity contribution < 1.29 is 28.2 Å². The Morgan fingerprint density at radius 2 is 1.78 bits per heavy atom. The van der Waals surface area contributed by atoms with Crippen LogP contribution in [0.5, 0.6) is 11.5 Å². The SMILES string of the molecule is COC(=O)CC(NC(=O)c1ccc(F)cc1Cl)c1ccc(OC)c(OC)c1. The zero-order valence-electron chi connectivity index (χ0n) is 15.0. The number of amides is 1. The first-order valence-electron chi connectivity index (χ1n) is 7.94. The van der Waals surface area contributed by atoms with E-state index in [0.29, 0.717) is 17.1 Å². The highest BCUT2D eigenvalue weighted by Gasteiger charge is 2.22. The molecule has 1 unspecified atom stereocenters. The normalized spacial score (nSPS) is 11.4. The van der Waals surface area contributed by atoms with Gasteiger partial charge in [-0.05, 0) is 35.9 Å². The van der Waals surface area contributed by atoms with E-state index < -0.39 is 23.7 Å². The molecule has 0 spiro atoms. The number of carbonyl (C=O) groups is 2. The molecule has 2 aromatic rings. The summed E-state index contributed by atoms with van der Waals surface area (Å²) in [5.41, 5.74) is 0.693. The fraction of sp³-hybridized carbons (Fsp3) is 0.263. The Balaban J connectivity index is 2.34. The van der Waals surface area contributed by atoms with Crippen molar-refractivity contribution in [1.82, 2.24) is 5.32 Å². The van der Waals surface area contributed by atoms with Crippen LogP contribution in [0.15, 0.2) is 36.4 Å². The molecular weight excluding hydrogens is 377 g/mol. The Hall–Kier alpha value is -2.80. The van der Waals surface area contributed by atoms with Gasteiger partial charge in [0.15, 0.2) is 11.5 Å². The third-order valence-corrected chi connectivity index (χ3v) is 4.20. The van der Waals surface area contributed by atoms with Gasteiger partial charge in [0.05, 0.1) is 44.4 Å². The molecule has 0 heterocycles. The van der Waals surface area contributed by atoms with E-state index in [-0.39, 0.29) is 17.0 Å². The Morgan fingerprint density at radius 1 is 1.07 bits per heavy atom. The smallest absolute Gasteiger partial charge is 0.307 e. The molecule has 8 heteroatoms. The minimum Gasteiger partial charge on any atom is -0.493 e. The summed E-state index contributed by atoms with van der Waals surface area (Å²) in [6.07, 6.45) is -0.115. The van der Waals surface area contributed by atoms with Crippen molar-refractivity contribution in [3.05, 3.63) is 58.4 Å². The van der Waals surface area contributed by atoms with Crippen LogP contribution in [0.25, 0.3) is 0 Å². The van der Waals surface area contributed by atoms with Gasteiger partial charge in [-0.15, -0.1) is 0 Å². The van der Waals surface area contributed by atoms with Gasteiger partial charge in [0.25, 0.3) is 5.91 Å². The Bertz CT molecular complexity index is 843. The molecule has 1 N–H and O–H groups in total. The van der Waals surface area contributed by atoms with Gasteiger partial charge in [0.1, 0.15) is 5.82 Å². The van der Waals surface area contributed by atoms with Crippen molar-refractivity contribution >= 4 is 23.5 Å². The average molecular weight is 396 g/mol. The van der Waals surface area contributed by atoms with Crippen LogP contribution in [0.1, 0.15) is 28.4 Å². The lowest BCUT2D eigenvalue weighted by molar-refractivity contribution is -0.141. The number of methoxy groups -OCH3 is 3. The van der Waals surface area contributed by atoms with E-state index in [9.17, 15) is 14.0 Å². The number of ether oxygens (including phenoxy) is 3. The summed E-state index contributed by atoms with van der Waals surface area (Å²) in [7, 11) is 4.24. The third kappa shape index (κ3) is 5.10. The van der Waals surface area contributed by atoms with E-state index in [0.717, 1.165) is 12.1 Å². The minimum absolute atomic E-state index is 0.0309. The van der Waals surface area contributed by atoms with E-state index in [4.69, 9.17) is 25.8 Å². The zero-order chi connectivity index (χ0) is 20.0. The molecule has 27 heavy (non-hydrogen) atoms. The summed E-state index contributed by atoms with van der Waals surface area (Å²) in [4.78, 5) is 24.4. The summed E-state index contributed by atoms with van der Waals surface area (Å²) in [6.45, 7) is 0. The molecule has 0 fully saturated rings. The van der Waals surface area contributed by atoms with Gasteiger partial charge in [-0.3, -0.25) is 9.59 Å². The quantitative estimate of drug-likeness (QED) is 0.726. The fourth-order valence-corrected chi connectivity index (χ4v) is 2.73. The van der Waals surface area contributed by atoms with Crippen molar-refractivity contribution in [2.45, 2.75) is 12.5 Å². The molecule has 0 radical (unpaired) electrons. The summed E-state index contributed by atoms with van der Waals surface area (Å²) in [5, 5.41) is 2.69. The number of hydrogen-bond donors (Lipinski definition) is 1. The number of hydrogen-bond acceptors (Lipinski definition) is 5. The van der Waals surface area contributed by atoms with E-state index in [2.05, 4.69) is 5.32 Å². The highest BCUT2D eigenvalue weighted by Crippen LogP contribution is 2.31. The lowest BCUT2D eigenvalue weighted by Crippen LogP contribution is -2.30. The highest BCUT2D eigenvalue weighted by molar-refractivity contribution is 6.33. The lowest BCUT2D eigenvalue weighted by atomic mass is 10.0. The Morgan fingerprint density at radius 3 is 2.37 bits per heavy atom. The number of nitrogens with one attached hydrogen (secondary N) is 1. The van der Waals surface area contributed by atoms with Crippen molar-refractivity contribution in [2.75, 3.05) is 21.3 Å². The molecule has 0 saturated heterocycles. The monoisotopic (exact) mass is 395 g/mol. The van der Waals surface area contributed by atoms with Gasteiger partial charge < -0.3 is 19.5 Å². The predicted molar refractivity (Wildman–Crippen MR) is 97.8 cm³/mol. The molecule has 0 aliphatic heterocycles. The molecule has 6 nitrogen and oxygen atoms in total. The third-order valence-electron chi connectivity index (χ3n) is 3.89. The maximum Gasteiger partial charge on any atom is 0.307 e. The van der Waals surface area contributed by atoms with Crippen molar-refractivity contribution in [3.63, 3.8) is 0 Å². The van der Waals surface area contributed by atoms with Crippen molar-refractivity contribution in [3.8, 4) is 11.5 Å². The first-order valence-corrected chi connectivity index (χ1v) is 8.32. The molecule has 1 atom stereocenters. The maximum atomic E-state index is 13.2. The number of halogens is 2. The van der Waals surface area contributed by atoms with Gasteiger partial charge in [0.2, 0.25) is 0 Å². The standard InChI is InChI=1S/C19H19ClFNO5/c1-25-16-7-4-11(8-17(16)26-2)15(10-18(23)27-3)22-19(24)13-6-5-12(21)9-14(13)20/h4-9,15H,10H2,1-3H3,(H,22,24). The molecule has 1 amide bonds. The van der Waals surface area contributed by atoms with Gasteiger partial charge in [-0.1, -0.05) is 17.7 Å². The van der Waals surface area contributed by atoms with E-state index in [1.807, 2.05) is 0 Å². The van der Waals surface area contributed by atoms with Crippen LogP contribution in [0.3, 0.4) is 0 Å². The van der Waals surface area contributed by atoms with Crippen LogP contribution in [0.2, 0.25) is 5.02 Å². The van der Waals surface area contributed by atoms with Crippen LogP contribution in [0.4, 0.5) is 4.39 Å². The summed E-state index contributed by atoms with van der Waals surface area (Å²) >= 11 is 5.95. The van der Waals surface area contributed by atoms with Crippen LogP contribution >= 0.6 is 11.6 Å². The van der Waals surface area contributed by atoms with Crippen LogP contribution in [-0.2, 0) is 9.53 Å². The largest absolute Gasteiger partial charge is 0.493 e. The number of rotatable bonds is 7. The molecule has 0 bridgehead atoms. The zero-order valence-corrected chi connectivity index (χ0v) is 15.8. The maximum absolute atomic E-state index is 13.2. The lowest BCUT2D eigenvalue weighted by Gasteiger charge is -2.20. The van der Waals surface area contributed by atoms with Gasteiger partial charge >= 0.3 is 5.97 Å². The van der Waals surface area contributed by atoms with Gasteiger partial charge in [-0.25, -0.2) is 4.39 Å². The minimum atomic E-state index is -0.717. The fourth-order valence-electron chi connectivity index (χ4n) is 2.48. The first kappa shape index (κ1) is 20.5. The summed E-state index contributed by atoms with van der Waals surface area (Å²) < 4.78 is 28.4. The Labute approximate surface area is 161 Å². The molecule has 144 valence electrons. The highest BCUT2D eigenvalue weighted by atomic mass is 35.5.